The molecule has 2 aromatic rings. The largest absolute Gasteiger partial charge is 0.309 e. The van der Waals surface area contributed by atoms with Gasteiger partial charge < -0.3 is 5.32 Å². The molecule has 0 spiro atoms. The third-order valence-corrected chi connectivity index (χ3v) is 2.94. The molecule has 0 amide bonds. The molecule has 2 nitrogen and oxygen atoms in total. The highest BCUT2D eigenvalue weighted by Gasteiger charge is 2.16. The SMILES string of the molecule is CNC(c1cc(C)nc(C)c1)c1ccccc1F. The molecule has 1 aromatic carbocycles. The first-order valence-electron chi connectivity index (χ1n) is 5.98. The Hall–Kier alpha value is -1.74. The van der Waals surface area contributed by atoms with Gasteiger partial charge in [0, 0.05) is 17.0 Å². The van der Waals surface area contributed by atoms with Crippen LogP contribution in [-0.4, -0.2) is 12.0 Å². The van der Waals surface area contributed by atoms with Crippen LogP contribution in [0.1, 0.15) is 28.6 Å². The summed E-state index contributed by atoms with van der Waals surface area (Å²) < 4.78 is 13.9. The fourth-order valence-electron chi connectivity index (χ4n) is 2.24. The van der Waals surface area contributed by atoms with E-state index in [4.69, 9.17) is 0 Å². The Kier molecular flexibility index (Phi) is 3.72. The smallest absolute Gasteiger partial charge is 0.128 e. The number of hydrogen-bond acceptors (Lipinski definition) is 2. The number of aryl methyl sites for hydroxylation is 2. The van der Waals surface area contributed by atoms with Gasteiger partial charge in [-0.25, -0.2) is 4.39 Å². The van der Waals surface area contributed by atoms with Crippen molar-refractivity contribution >= 4 is 0 Å². The van der Waals surface area contributed by atoms with Gasteiger partial charge in [0.1, 0.15) is 5.82 Å². The van der Waals surface area contributed by atoms with Crippen LogP contribution in [0.5, 0.6) is 0 Å². The van der Waals surface area contributed by atoms with Gasteiger partial charge in [-0.3, -0.25) is 4.98 Å². The number of rotatable bonds is 3. The number of aromatic nitrogens is 1. The maximum absolute atomic E-state index is 13.9. The molecule has 0 fully saturated rings. The van der Waals surface area contributed by atoms with E-state index in [9.17, 15) is 4.39 Å². The van der Waals surface area contributed by atoms with E-state index in [2.05, 4.69) is 10.3 Å². The van der Waals surface area contributed by atoms with E-state index in [1.807, 2.05) is 45.2 Å². The molecule has 0 bridgehead atoms. The molecule has 1 N–H and O–H groups in total. The van der Waals surface area contributed by atoms with E-state index in [-0.39, 0.29) is 11.9 Å². The summed E-state index contributed by atoms with van der Waals surface area (Å²) in [6, 6.07) is 10.7. The lowest BCUT2D eigenvalue weighted by molar-refractivity contribution is 0.575. The molecule has 1 heterocycles. The highest BCUT2D eigenvalue weighted by molar-refractivity contribution is 5.34. The number of hydrogen-bond donors (Lipinski definition) is 1. The van der Waals surface area contributed by atoms with E-state index in [1.165, 1.54) is 6.07 Å². The number of nitrogens with zero attached hydrogens (tertiary/aromatic N) is 1. The van der Waals surface area contributed by atoms with Gasteiger partial charge in [-0.05, 0) is 44.7 Å². The Morgan fingerprint density at radius 1 is 1.11 bits per heavy atom. The zero-order valence-corrected chi connectivity index (χ0v) is 10.9. The van der Waals surface area contributed by atoms with E-state index >= 15 is 0 Å². The van der Waals surface area contributed by atoms with Crippen LogP contribution in [0.15, 0.2) is 36.4 Å². The normalized spacial score (nSPS) is 12.4. The number of pyridine rings is 1. The zero-order chi connectivity index (χ0) is 13.1. The Balaban J connectivity index is 2.48. The highest BCUT2D eigenvalue weighted by Crippen LogP contribution is 2.24. The van der Waals surface area contributed by atoms with Gasteiger partial charge >= 0.3 is 0 Å². The second kappa shape index (κ2) is 5.27. The molecular formula is C15H17FN2. The van der Waals surface area contributed by atoms with Crippen molar-refractivity contribution in [3.05, 3.63) is 64.7 Å². The Labute approximate surface area is 107 Å². The number of benzene rings is 1. The van der Waals surface area contributed by atoms with Crippen LogP contribution < -0.4 is 5.32 Å². The molecule has 0 aliphatic rings. The Bertz CT molecular complexity index is 532. The molecule has 0 radical (unpaired) electrons. The van der Waals surface area contributed by atoms with Gasteiger partial charge in [0.2, 0.25) is 0 Å². The lowest BCUT2D eigenvalue weighted by atomic mass is 9.98. The fourth-order valence-corrected chi connectivity index (χ4v) is 2.24. The Morgan fingerprint density at radius 2 is 1.72 bits per heavy atom. The molecule has 1 unspecified atom stereocenters. The second-order valence-corrected chi connectivity index (χ2v) is 4.43. The Morgan fingerprint density at radius 3 is 2.28 bits per heavy atom. The van der Waals surface area contributed by atoms with Crippen molar-refractivity contribution < 1.29 is 4.39 Å². The summed E-state index contributed by atoms with van der Waals surface area (Å²) >= 11 is 0. The van der Waals surface area contributed by atoms with Crippen LogP contribution in [0.4, 0.5) is 4.39 Å². The van der Waals surface area contributed by atoms with Crippen molar-refractivity contribution in [2.45, 2.75) is 19.9 Å². The van der Waals surface area contributed by atoms with E-state index < -0.39 is 0 Å². The molecule has 3 heteroatoms. The minimum absolute atomic E-state index is 0.147. The van der Waals surface area contributed by atoms with Crippen molar-refractivity contribution in [3.8, 4) is 0 Å². The van der Waals surface area contributed by atoms with Gasteiger partial charge in [-0.2, -0.15) is 0 Å². The fraction of sp³-hybridized carbons (Fsp3) is 0.267. The molecule has 0 aliphatic carbocycles. The standard InChI is InChI=1S/C15H17FN2/c1-10-8-12(9-11(2)18-10)15(17-3)13-6-4-5-7-14(13)16/h4-9,15,17H,1-3H3. The second-order valence-electron chi connectivity index (χ2n) is 4.43. The van der Waals surface area contributed by atoms with Gasteiger partial charge in [0.25, 0.3) is 0 Å². The molecule has 2 rings (SSSR count). The minimum Gasteiger partial charge on any atom is -0.309 e. The average Bonchev–Trinajstić information content (AvgIpc) is 2.31. The van der Waals surface area contributed by atoms with Crippen molar-refractivity contribution in [1.82, 2.24) is 10.3 Å². The van der Waals surface area contributed by atoms with Crippen LogP contribution in [0.25, 0.3) is 0 Å². The van der Waals surface area contributed by atoms with E-state index in [0.717, 1.165) is 17.0 Å². The van der Waals surface area contributed by atoms with Gasteiger partial charge in [0.05, 0.1) is 6.04 Å². The van der Waals surface area contributed by atoms with Gasteiger partial charge in [-0.15, -0.1) is 0 Å². The van der Waals surface area contributed by atoms with Crippen molar-refractivity contribution in [2.75, 3.05) is 7.05 Å². The summed E-state index contributed by atoms with van der Waals surface area (Å²) in [5, 5.41) is 3.16. The van der Waals surface area contributed by atoms with Crippen molar-refractivity contribution in [1.29, 1.82) is 0 Å². The first-order valence-corrected chi connectivity index (χ1v) is 5.98. The van der Waals surface area contributed by atoms with Crippen molar-refractivity contribution in [2.24, 2.45) is 0 Å². The summed E-state index contributed by atoms with van der Waals surface area (Å²) in [5.74, 6) is -0.191. The zero-order valence-electron chi connectivity index (χ0n) is 10.9. The predicted molar refractivity (Wildman–Crippen MR) is 71.0 cm³/mol. The summed E-state index contributed by atoms with van der Waals surface area (Å²) in [6.45, 7) is 3.90. The third kappa shape index (κ3) is 2.57. The molecule has 1 aromatic heterocycles. The number of nitrogens with one attached hydrogen (secondary N) is 1. The van der Waals surface area contributed by atoms with Gasteiger partial charge in [-0.1, -0.05) is 18.2 Å². The first kappa shape index (κ1) is 12.7. The molecule has 0 saturated heterocycles. The average molecular weight is 244 g/mol. The maximum Gasteiger partial charge on any atom is 0.128 e. The predicted octanol–water partition coefficient (Wildman–Crippen LogP) is 3.15. The molecular weight excluding hydrogens is 227 g/mol. The highest BCUT2D eigenvalue weighted by atomic mass is 19.1. The molecule has 1 atom stereocenters. The lowest BCUT2D eigenvalue weighted by Gasteiger charge is -2.18. The molecule has 94 valence electrons. The molecule has 18 heavy (non-hydrogen) atoms. The summed E-state index contributed by atoms with van der Waals surface area (Å²) in [5.41, 5.74) is 3.58. The van der Waals surface area contributed by atoms with Gasteiger partial charge in [0.15, 0.2) is 0 Å². The monoisotopic (exact) mass is 244 g/mol. The van der Waals surface area contributed by atoms with Crippen molar-refractivity contribution in [3.63, 3.8) is 0 Å². The van der Waals surface area contributed by atoms with Crippen LogP contribution in [0.3, 0.4) is 0 Å². The maximum atomic E-state index is 13.9. The van der Waals surface area contributed by atoms with Crippen LogP contribution in [0.2, 0.25) is 0 Å². The van der Waals surface area contributed by atoms with Crippen LogP contribution in [0, 0.1) is 19.7 Å². The molecule has 0 aliphatic heterocycles. The summed E-state index contributed by atoms with van der Waals surface area (Å²) in [6.07, 6.45) is 0. The minimum atomic E-state index is -0.191. The summed E-state index contributed by atoms with van der Waals surface area (Å²) in [4.78, 5) is 4.35. The quantitative estimate of drug-likeness (QED) is 0.897. The van der Waals surface area contributed by atoms with Crippen LogP contribution in [-0.2, 0) is 0 Å². The summed E-state index contributed by atoms with van der Waals surface area (Å²) in [7, 11) is 1.84. The van der Waals surface area contributed by atoms with Crippen LogP contribution >= 0.6 is 0 Å². The van der Waals surface area contributed by atoms with E-state index in [1.54, 1.807) is 6.07 Å². The first-order chi connectivity index (χ1) is 8.61. The third-order valence-electron chi connectivity index (χ3n) is 2.94. The topological polar surface area (TPSA) is 24.9 Å². The lowest BCUT2D eigenvalue weighted by Crippen LogP contribution is -2.19. The van der Waals surface area contributed by atoms with E-state index in [0.29, 0.717) is 5.56 Å². The molecule has 0 saturated carbocycles. The number of halogens is 1.